The van der Waals surface area contributed by atoms with E-state index in [1.165, 1.54) is 6.08 Å². The van der Waals surface area contributed by atoms with Crippen molar-refractivity contribution in [2.45, 2.75) is 33.1 Å². The first kappa shape index (κ1) is 21.7. The summed E-state index contributed by atoms with van der Waals surface area (Å²) >= 11 is 6.11. The van der Waals surface area contributed by atoms with Crippen LogP contribution in [-0.2, 0) is 14.3 Å². The minimum atomic E-state index is -0.796. The van der Waals surface area contributed by atoms with E-state index < -0.39 is 5.97 Å². The van der Waals surface area contributed by atoms with E-state index in [0.29, 0.717) is 18.1 Å². The quantitative estimate of drug-likeness (QED) is 0.408. The van der Waals surface area contributed by atoms with E-state index in [2.05, 4.69) is 0 Å². The highest BCUT2D eigenvalue weighted by atomic mass is 35.5. The minimum absolute atomic E-state index is 0.146. The summed E-state index contributed by atoms with van der Waals surface area (Å²) in [6.07, 6.45) is 4.53. The third kappa shape index (κ3) is 4.92. The number of nitrogens with zero attached hydrogens (tertiary/aromatic N) is 3. The van der Waals surface area contributed by atoms with Crippen molar-refractivity contribution in [3.8, 4) is 11.8 Å². The number of benzene rings is 1. The van der Waals surface area contributed by atoms with Gasteiger partial charge in [0.15, 0.2) is 6.61 Å². The van der Waals surface area contributed by atoms with Gasteiger partial charge in [-0.05, 0) is 69.0 Å². The zero-order valence-electron chi connectivity index (χ0n) is 17.2. The molecule has 7 heteroatoms. The number of hydrogen-bond donors (Lipinski definition) is 0. The summed E-state index contributed by atoms with van der Waals surface area (Å²) in [6.45, 7) is 4.87. The third-order valence-electron chi connectivity index (χ3n) is 5.21. The lowest BCUT2D eigenvalue weighted by molar-refractivity contribution is -0.149. The monoisotopic (exact) mass is 425 g/mol. The van der Waals surface area contributed by atoms with Crippen LogP contribution in [0.15, 0.2) is 35.9 Å². The van der Waals surface area contributed by atoms with Crippen LogP contribution in [0.3, 0.4) is 0 Å². The van der Waals surface area contributed by atoms with Gasteiger partial charge in [-0.15, -0.1) is 0 Å². The molecule has 1 aliphatic heterocycles. The van der Waals surface area contributed by atoms with Gasteiger partial charge < -0.3 is 14.2 Å². The number of rotatable bonds is 5. The van der Waals surface area contributed by atoms with E-state index in [1.807, 2.05) is 48.7 Å². The number of piperidine rings is 1. The van der Waals surface area contributed by atoms with E-state index in [1.54, 1.807) is 11.0 Å². The standard InChI is InChI=1S/C23H24ClN3O3/c1-16-11-18(17(2)27(16)21-8-6-7-20(24)13-21)12-19(14-25)23(29)30-15-22(28)26-9-4-3-5-10-26/h6-8,11-13H,3-5,9-10,15H2,1-2H3/b19-12+. The topological polar surface area (TPSA) is 75.3 Å². The molecule has 6 nitrogen and oxygen atoms in total. The predicted molar refractivity (Wildman–Crippen MR) is 115 cm³/mol. The lowest BCUT2D eigenvalue weighted by Crippen LogP contribution is -2.38. The minimum Gasteiger partial charge on any atom is -0.451 e. The van der Waals surface area contributed by atoms with Crippen LogP contribution in [0.5, 0.6) is 0 Å². The second kappa shape index (κ2) is 9.64. The van der Waals surface area contributed by atoms with Gasteiger partial charge in [-0.2, -0.15) is 5.26 Å². The Hall–Kier alpha value is -3.04. The van der Waals surface area contributed by atoms with Gasteiger partial charge in [0.25, 0.3) is 5.91 Å². The number of carbonyl (C=O) groups excluding carboxylic acids is 2. The van der Waals surface area contributed by atoms with E-state index in [-0.39, 0.29) is 18.1 Å². The summed E-state index contributed by atoms with van der Waals surface area (Å²) in [5, 5.41) is 10.1. The second-order valence-corrected chi connectivity index (χ2v) is 7.77. The Balaban J connectivity index is 1.76. The number of nitriles is 1. The molecule has 0 N–H and O–H groups in total. The lowest BCUT2D eigenvalue weighted by atomic mass is 10.1. The summed E-state index contributed by atoms with van der Waals surface area (Å²) in [7, 11) is 0. The van der Waals surface area contributed by atoms with Crippen molar-refractivity contribution < 1.29 is 14.3 Å². The normalized spacial score (nSPS) is 14.3. The molecule has 1 aliphatic rings. The molecule has 2 aromatic rings. The molecule has 156 valence electrons. The van der Waals surface area contributed by atoms with Crippen LogP contribution in [0.2, 0.25) is 5.02 Å². The van der Waals surface area contributed by atoms with Gasteiger partial charge in [0, 0.05) is 35.2 Å². The maximum atomic E-state index is 12.4. The molecule has 30 heavy (non-hydrogen) atoms. The number of ether oxygens (including phenoxy) is 1. The SMILES string of the molecule is Cc1cc(/C=C(\C#N)C(=O)OCC(=O)N2CCCCC2)c(C)n1-c1cccc(Cl)c1. The molecule has 0 radical (unpaired) electrons. The predicted octanol–water partition coefficient (Wildman–Crippen LogP) is 4.21. The van der Waals surface area contributed by atoms with Gasteiger partial charge in [0.1, 0.15) is 11.6 Å². The van der Waals surface area contributed by atoms with Crippen molar-refractivity contribution >= 4 is 29.6 Å². The first-order chi connectivity index (χ1) is 14.4. The number of carbonyl (C=O) groups is 2. The average molecular weight is 426 g/mol. The fourth-order valence-electron chi connectivity index (χ4n) is 3.68. The second-order valence-electron chi connectivity index (χ2n) is 7.33. The van der Waals surface area contributed by atoms with Crippen molar-refractivity contribution in [1.29, 1.82) is 5.26 Å². The number of halogens is 1. The fourth-order valence-corrected chi connectivity index (χ4v) is 3.86. The Bertz CT molecular complexity index is 1030. The van der Waals surface area contributed by atoms with Crippen LogP contribution in [0.25, 0.3) is 11.8 Å². The Labute approximate surface area is 181 Å². The number of likely N-dealkylation sites (tertiary alicyclic amines) is 1. The molecule has 0 spiro atoms. The number of amides is 1. The molecule has 1 aromatic carbocycles. The first-order valence-corrected chi connectivity index (χ1v) is 10.3. The molecule has 0 unspecified atom stereocenters. The maximum Gasteiger partial charge on any atom is 0.349 e. The molecule has 2 heterocycles. The van der Waals surface area contributed by atoms with Gasteiger partial charge in [0.05, 0.1) is 0 Å². The Morgan fingerprint density at radius 1 is 1.20 bits per heavy atom. The molecular weight excluding hydrogens is 402 g/mol. The molecular formula is C23H24ClN3O3. The highest BCUT2D eigenvalue weighted by molar-refractivity contribution is 6.30. The first-order valence-electron chi connectivity index (χ1n) is 9.92. The van der Waals surface area contributed by atoms with Gasteiger partial charge in [-0.3, -0.25) is 4.79 Å². The maximum absolute atomic E-state index is 12.4. The van der Waals surface area contributed by atoms with Crippen LogP contribution < -0.4 is 0 Å². The third-order valence-corrected chi connectivity index (χ3v) is 5.45. The molecule has 1 aromatic heterocycles. The van der Waals surface area contributed by atoms with Crippen molar-refractivity contribution in [3.05, 3.63) is 57.9 Å². The number of esters is 1. The van der Waals surface area contributed by atoms with Gasteiger partial charge >= 0.3 is 5.97 Å². The van der Waals surface area contributed by atoms with Crippen LogP contribution in [0.4, 0.5) is 0 Å². The van der Waals surface area contributed by atoms with Gasteiger partial charge in [-0.1, -0.05) is 17.7 Å². The van der Waals surface area contributed by atoms with Crippen molar-refractivity contribution in [2.75, 3.05) is 19.7 Å². The lowest BCUT2D eigenvalue weighted by Gasteiger charge is -2.26. The zero-order valence-corrected chi connectivity index (χ0v) is 17.9. The molecule has 1 saturated heterocycles. The van der Waals surface area contributed by atoms with Crippen LogP contribution >= 0.6 is 11.6 Å². The number of aromatic nitrogens is 1. The van der Waals surface area contributed by atoms with Crippen molar-refractivity contribution in [2.24, 2.45) is 0 Å². The average Bonchev–Trinajstić information content (AvgIpc) is 3.03. The van der Waals surface area contributed by atoms with Crippen molar-refractivity contribution in [1.82, 2.24) is 9.47 Å². The highest BCUT2D eigenvalue weighted by Gasteiger charge is 2.20. The highest BCUT2D eigenvalue weighted by Crippen LogP contribution is 2.24. The Morgan fingerprint density at radius 3 is 2.60 bits per heavy atom. The van der Waals surface area contributed by atoms with E-state index in [4.69, 9.17) is 16.3 Å². The zero-order chi connectivity index (χ0) is 21.7. The molecule has 0 bridgehead atoms. The molecule has 0 saturated carbocycles. The van der Waals surface area contributed by atoms with E-state index in [9.17, 15) is 14.9 Å². The molecule has 1 amide bonds. The summed E-state index contributed by atoms with van der Waals surface area (Å²) in [6, 6.07) is 11.2. The summed E-state index contributed by atoms with van der Waals surface area (Å²) in [5.74, 6) is -1.02. The van der Waals surface area contributed by atoms with Crippen LogP contribution in [-0.4, -0.2) is 41.0 Å². The van der Waals surface area contributed by atoms with Crippen LogP contribution in [0, 0.1) is 25.2 Å². The van der Waals surface area contributed by atoms with Crippen LogP contribution in [0.1, 0.15) is 36.2 Å². The molecule has 0 aliphatic carbocycles. The van der Waals surface area contributed by atoms with Gasteiger partial charge in [0.2, 0.25) is 0 Å². The Kier molecular flexibility index (Phi) is 6.96. The number of aryl methyl sites for hydroxylation is 1. The Morgan fingerprint density at radius 2 is 1.93 bits per heavy atom. The molecule has 3 rings (SSSR count). The fraction of sp³-hybridized carbons (Fsp3) is 0.348. The number of hydrogen-bond acceptors (Lipinski definition) is 4. The summed E-state index contributed by atoms with van der Waals surface area (Å²) < 4.78 is 7.11. The molecule has 0 atom stereocenters. The van der Waals surface area contributed by atoms with E-state index >= 15 is 0 Å². The molecule has 1 fully saturated rings. The summed E-state index contributed by atoms with van der Waals surface area (Å²) in [5.41, 5.74) is 3.27. The smallest absolute Gasteiger partial charge is 0.349 e. The summed E-state index contributed by atoms with van der Waals surface area (Å²) in [4.78, 5) is 26.3. The largest absolute Gasteiger partial charge is 0.451 e. The van der Waals surface area contributed by atoms with Crippen molar-refractivity contribution in [3.63, 3.8) is 0 Å². The van der Waals surface area contributed by atoms with E-state index in [0.717, 1.165) is 41.9 Å². The van der Waals surface area contributed by atoms with Gasteiger partial charge in [-0.25, -0.2) is 4.79 Å².